The summed E-state index contributed by atoms with van der Waals surface area (Å²) in [6.07, 6.45) is 7.05. The Morgan fingerprint density at radius 2 is 1.62 bits per heavy atom. The fraction of sp³-hybridized carbons (Fsp3) is 0.0294. The lowest BCUT2D eigenvalue weighted by Crippen LogP contribution is -1.98. The van der Waals surface area contributed by atoms with Gasteiger partial charge in [0.1, 0.15) is 11.6 Å². The van der Waals surface area contributed by atoms with Crippen molar-refractivity contribution in [2.24, 2.45) is 0 Å². The van der Waals surface area contributed by atoms with Crippen LogP contribution in [0.4, 0.5) is 10.1 Å². The van der Waals surface area contributed by atoms with Crippen molar-refractivity contribution in [3.05, 3.63) is 145 Å². The van der Waals surface area contributed by atoms with Crippen molar-refractivity contribution >= 4 is 28.0 Å². The number of anilines is 1. The summed E-state index contributed by atoms with van der Waals surface area (Å²) in [5, 5.41) is 3.36. The second-order valence-electron chi connectivity index (χ2n) is 9.62. The van der Waals surface area contributed by atoms with Crippen LogP contribution in [0.3, 0.4) is 0 Å². The van der Waals surface area contributed by atoms with Gasteiger partial charge < -0.3 is 10.3 Å². The van der Waals surface area contributed by atoms with Crippen LogP contribution in [0.2, 0.25) is 0 Å². The molecule has 194 valence electrons. The minimum absolute atomic E-state index is 0.305. The standard InChI is InChI=1S/C34H26FN5/c1-21-12-13-25(27-15-29(18-36-17-27)38-23(3)24-8-5-4-6-9-24)16-30(21)22(2)34-39-32-20-37-19-31(33(32)40-34)26-10-7-11-28(35)14-26/h4-20,38H,2-3H2,1H3,(H,39,40). The van der Waals surface area contributed by atoms with Gasteiger partial charge in [-0.1, -0.05) is 67.8 Å². The molecule has 0 unspecified atom stereocenters. The smallest absolute Gasteiger partial charge is 0.138 e. The van der Waals surface area contributed by atoms with Crippen LogP contribution in [-0.2, 0) is 0 Å². The maximum absolute atomic E-state index is 13.9. The number of nitrogens with zero attached hydrogens (tertiary/aromatic N) is 3. The number of aromatic amines is 1. The Labute approximate surface area is 231 Å². The molecule has 6 aromatic rings. The van der Waals surface area contributed by atoms with Crippen molar-refractivity contribution in [1.29, 1.82) is 0 Å². The van der Waals surface area contributed by atoms with E-state index in [0.29, 0.717) is 11.3 Å². The van der Waals surface area contributed by atoms with E-state index in [1.807, 2.05) is 49.5 Å². The lowest BCUT2D eigenvalue weighted by Gasteiger charge is -2.13. The number of benzene rings is 3. The number of nitrogens with one attached hydrogen (secondary N) is 2. The third-order valence-corrected chi connectivity index (χ3v) is 6.87. The van der Waals surface area contributed by atoms with Gasteiger partial charge in [0.15, 0.2) is 0 Å². The molecule has 3 aromatic carbocycles. The van der Waals surface area contributed by atoms with Gasteiger partial charge in [-0.3, -0.25) is 9.97 Å². The maximum Gasteiger partial charge on any atom is 0.138 e. The molecule has 0 radical (unpaired) electrons. The molecule has 3 aromatic heterocycles. The number of imidazole rings is 1. The largest absolute Gasteiger partial charge is 0.354 e. The second-order valence-corrected chi connectivity index (χ2v) is 9.62. The summed E-state index contributed by atoms with van der Waals surface area (Å²) in [5.74, 6) is 0.328. The van der Waals surface area contributed by atoms with Crippen LogP contribution in [0.15, 0.2) is 117 Å². The zero-order valence-corrected chi connectivity index (χ0v) is 21.9. The van der Waals surface area contributed by atoms with Gasteiger partial charge in [0.25, 0.3) is 0 Å². The Morgan fingerprint density at radius 3 is 2.45 bits per heavy atom. The minimum atomic E-state index is -0.305. The number of hydrogen-bond donors (Lipinski definition) is 2. The molecule has 0 spiro atoms. The minimum Gasteiger partial charge on any atom is -0.354 e. The number of aromatic nitrogens is 4. The van der Waals surface area contributed by atoms with E-state index >= 15 is 0 Å². The number of pyridine rings is 2. The molecule has 0 saturated heterocycles. The van der Waals surface area contributed by atoms with Crippen molar-refractivity contribution < 1.29 is 4.39 Å². The van der Waals surface area contributed by atoms with Crippen LogP contribution in [0.5, 0.6) is 0 Å². The number of rotatable bonds is 7. The van der Waals surface area contributed by atoms with Gasteiger partial charge in [-0.15, -0.1) is 0 Å². The first-order valence-corrected chi connectivity index (χ1v) is 12.8. The van der Waals surface area contributed by atoms with Gasteiger partial charge in [0, 0.05) is 34.8 Å². The highest BCUT2D eigenvalue weighted by Crippen LogP contribution is 2.32. The number of aryl methyl sites for hydroxylation is 1. The zero-order chi connectivity index (χ0) is 27.6. The van der Waals surface area contributed by atoms with Gasteiger partial charge in [-0.2, -0.15) is 0 Å². The number of hydrogen-bond acceptors (Lipinski definition) is 4. The van der Waals surface area contributed by atoms with E-state index in [9.17, 15) is 4.39 Å². The predicted molar refractivity (Wildman–Crippen MR) is 161 cm³/mol. The summed E-state index contributed by atoms with van der Waals surface area (Å²) in [5.41, 5.74) is 10.4. The first-order chi connectivity index (χ1) is 19.5. The molecule has 2 N–H and O–H groups in total. The summed E-state index contributed by atoms with van der Waals surface area (Å²) < 4.78 is 13.9. The number of fused-ring (bicyclic) bond motifs is 1. The molecule has 3 heterocycles. The highest BCUT2D eigenvalue weighted by atomic mass is 19.1. The summed E-state index contributed by atoms with van der Waals surface area (Å²) in [6, 6.07) is 24.7. The van der Waals surface area contributed by atoms with E-state index in [-0.39, 0.29) is 5.82 Å². The first-order valence-electron chi connectivity index (χ1n) is 12.8. The second kappa shape index (κ2) is 10.4. The van der Waals surface area contributed by atoms with Crippen LogP contribution >= 0.6 is 0 Å². The molecule has 0 bridgehead atoms. The van der Waals surface area contributed by atoms with E-state index < -0.39 is 0 Å². The van der Waals surface area contributed by atoms with Crippen LogP contribution < -0.4 is 5.32 Å². The van der Waals surface area contributed by atoms with Gasteiger partial charge in [-0.05, 0) is 59.0 Å². The predicted octanol–water partition coefficient (Wildman–Crippen LogP) is 8.28. The van der Waals surface area contributed by atoms with Crippen LogP contribution in [0, 0.1) is 12.7 Å². The van der Waals surface area contributed by atoms with E-state index in [0.717, 1.165) is 61.4 Å². The van der Waals surface area contributed by atoms with Crippen molar-refractivity contribution in [2.75, 3.05) is 5.32 Å². The van der Waals surface area contributed by atoms with E-state index in [4.69, 9.17) is 4.98 Å². The van der Waals surface area contributed by atoms with Crippen LogP contribution in [0.1, 0.15) is 22.5 Å². The Kier molecular flexibility index (Phi) is 6.50. The van der Waals surface area contributed by atoms with Gasteiger partial charge >= 0.3 is 0 Å². The molecule has 0 aliphatic heterocycles. The zero-order valence-electron chi connectivity index (χ0n) is 21.9. The topological polar surface area (TPSA) is 66.5 Å². The van der Waals surface area contributed by atoms with Crippen LogP contribution in [-0.4, -0.2) is 19.9 Å². The highest BCUT2D eigenvalue weighted by molar-refractivity contribution is 5.93. The van der Waals surface area contributed by atoms with Crippen LogP contribution in [0.25, 0.3) is 44.6 Å². The first kappa shape index (κ1) is 24.9. The average molecular weight is 524 g/mol. The van der Waals surface area contributed by atoms with Crippen molar-refractivity contribution in [1.82, 2.24) is 19.9 Å². The maximum atomic E-state index is 13.9. The van der Waals surface area contributed by atoms with Crippen molar-refractivity contribution in [3.63, 3.8) is 0 Å². The summed E-state index contributed by atoms with van der Waals surface area (Å²) in [4.78, 5) is 17.0. The molecular weight excluding hydrogens is 497 g/mol. The third kappa shape index (κ3) is 4.90. The normalized spacial score (nSPS) is 10.9. The number of halogens is 1. The van der Waals surface area contributed by atoms with Gasteiger partial charge in [-0.25, -0.2) is 9.37 Å². The van der Waals surface area contributed by atoms with E-state index in [2.05, 4.69) is 57.7 Å². The quantitative estimate of drug-likeness (QED) is 0.221. The summed E-state index contributed by atoms with van der Waals surface area (Å²) >= 11 is 0. The van der Waals surface area contributed by atoms with E-state index in [1.54, 1.807) is 24.7 Å². The Bertz CT molecular complexity index is 1890. The molecular formula is C34H26FN5. The monoisotopic (exact) mass is 523 g/mol. The third-order valence-electron chi connectivity index (χ3n) is 6.87. The fourth-order valence-electron chi connectivity index (χ4n) is 4.75. The SMILES string of the molecule is C=C(Nc1cncc(-c2ccc(C)c(C(=C)c3nc4c(-c5cccc(F)c5)cncc4[nH]3)c2)c1)c1ccccc1. The van der Waals surface area contributed by atoms with Crippen molar-refractivity contribution in [3.8, 4) is 22.3 Å². The Hall–Kier alpha value is -5.36. The average Bonchev–Trinajstić information content (AvgIpc) is 3.42. The summed E-state index contributed by atoms with van der Waals surface area (Å²) in [6.45, 7) is 10.6. The van der Waals surface area contributed by atoms with Crippen molar-refractivity contribution in [2.45, 2.75) is 6.92 Å². The molecule has 0 amide bonds. The lowest BCUT2D eigenvalue weighted by atomic mass is 9.96. The molecule has 40 heavy (non-hydrogen) atoms. The Balaban J connectivity index is 1.32. The highest BCUT2D eigenvalue weighted by Gasteiger charge is 2.15. The number of H-pyrrole nitrogens is 1. The van der Waals surface area contributed by atoms with Gasteiger partial charge in [0.05, 0.1) is 29.1 Å². The molecule has 6 heteroatoms. The lowest BCUT2D eigenvalue weighted by molar-refractivity contribution is 0.628. The van der Waals surface area contributed by atoms with Gasteiger partial charge in [0.2, 0.25) is 0 Å². The molecule has 5 nitrogen and oxygen atoms in total. The molecule has 0 fully saturated rings. The molecule has 6 rings (SSSR count). The Morgan fingerprint density at radius 1 is 0.800 bits per heavy atom. The molecule has 0 aliphatic rings. The molecule has 0 aliphatic carbocycles. The fourth-order valence-corrected chi connectivity index (χ4v) is 4.75. The molecule has 0 atom stereocenters. The van der Waals surface area contributed by atoms with E-state index in [1.165, 1.54) is 12.1 Å². The molecule has 0 saturated carbocycles. The summed E-state index contributed by atoms with van der Waals surface area (Å²) in [7, 11) is 0.